The van der Waals surface area contributed by atoms with Gasteiger partial charge in [-0.1, -0.05) is 6.07 Å². The average Bonchev–Trinajstić information content (AvgIpc) is 2.71. The van der Waals surface area contributed by atoms with Gasteiger partial charge >= 0.3 is 5.69 Å². The molecule has 9 nitrogen and oxygen atoms in total. The van der Waals surface area contributed by atoms with Crippen LogP contribution in [-0.4, -0.2) is 57.0 Å². The highest BCUT2D eigenvalue weighted by Crippen LogP contribution is 2.16. The van der Waals surface area contributed by atoms with Gasteiger partial charge in [-0.15, -0.1) is 0 Å². The summed E-state index contributed by atoms with van der Waals surface area (Å²) in [5.74, 6) is 0.453. The van der Waals surface area contributed by atoms with Crippen LogP contribution in [-0.2, 0) is 14.1 Å². The summed E-state index contributed by atoms with van der Waals surface area (Å²) in [6.07, 6.45) is 1.76. The van der Waals surface area contributed by atoms with E-state index in [2.05, 4.69) is 9.88 Å². The summed E-state index contributed by atoms with van der Waals surface area (Å²) in [7, 11) is 2.79. The smallest absolute Gasteiger partial charge is 0.332 e. The van der Waals surface area contributed by atoms with Gasteiger partial charge in [0.15, 0.2) is 5.78 Å². The Balaban J connectivity index is 1.78. The predicted molar refractivity (Wildman–Crippen MR) is 103 cm³/mol. The zero-order chi connectivity index (χ0) is 19.7. The molecule has 1 aliphatic rings. The maximum absolute atomic E-state index is 13.0. The van der Waals surface area contributed by atoms with Gasteiger partial charge in [-0.2, -0.15) is 0 Å². The van der Waals surface area contributed by atoms with Gasteiger partial charge in [-0.3, -0.25) is 23.6 Å². The Morgan fingerprint density at radius 2 is 1.78 bits per heavy atom. The van der Waals surface area contributed by atoms with E-state index in [4.69, 9.17) is 5.73 Å². The van der Waals surface area contributed by atoms with Gasteiger partial charge in [-0.25, -0.2) is 9.78 Å². The molecule has 0 unspecified atom stereocenters. The first kappa shape index (κ1) is 18.8. The third-order valence-corrected chi connectivity index (χ3v) is 5.17. The minimum atomic E-state index is -0.653. The molecule has 0 saturated carbocycles. The first-order valence-electron chi connectivity index (χ1n) is 8.82. The summed E-state index contributed by atoms with van der Waals surface area (Å²) in [6.45, 7) is 4.55. The van der Waals surface area contributed by atoms with Crippen LogP contribution >= 0.6 is 0 Å². The van der Waals surface area contributed by atoms with Crippen molar-refractivity contribution in [3.05, 3.63) is 50.8 Å². The fourth-order valence-corrected chi connectivity index (χ4v) is 3.35. The van der Waals surface area contributed by atoms with Crippen LogP contribution in [0.2, 0.25) is 0 Å². The van der Waals surface area contributed by atoms with Gasteiger partial charge in [0.2, 0.25) is 0 Å². The molecule has 1 fully saturated rings. The fourth-order valence-electron chi connectivity index (χ4n) is 3.35. The minimum Gasteiger partial charge on any atom is -0.384 e. The lowest BCUT2D eigenvalue weighted by molar-refractivity contribution is 0.0827. The number of aromatic nitrogens is 3. The number of rotatable bonds is 4. The zero-order valence-electron chi connectivity index (χ0n) is 15.8. The highest BCUT2D eigenvalue weighted by Gasteiger charge is 2.30. The molecule has 3 rings (SSSR count). The molecule has 2 aromatic rings. The van der Waals surface area contributed by atoms with Crippen LogP contribution in [0.4, 0.5) is 11.6 Å². The first-order chi connectivity index (χ1) is 12.8. The SMILES string of the molecule is C[C@H](C(=O)c1c(N)n(C)c(=O)n(C)c1=O)N1CCN(c2ccccn2)CC1. The molecule has 0 aromatic carbocycles. The molecule has 2 aromatic heterocycles. The van der Waals surface area contributed by atoms with E-state index in [1.54, 1.807) is 13.1 Å². The number of carbonyl (C=O) groups is 1. The molecule has 0 spiro atoms. The second kappa shape index (κ2) is 7.36. The maximum Gasteiger partial charge on any atom is 0.332 e. The number of Topliss-reactive ketones (excluding diaryl/α,β-unsaturated/α-hetero) is 1. The molecule has 9 heteroatoms. The van der Waals surface area contributed by atoms with E-state index in [1.165, 1.54) is 14.1 Å². The van der Waals surface area contributed by atoms with Gasteiger partial charge in [0.25, 0.3) is 5.56 Å². The minimum absolute atomic E-state index is 0.0907. The third kappa shape index (κ3) is 3.37. The molecule has 1 saturated heterocycles. The number of carbonyl (C=O) groups excluding carboxylic acids is 1. The lowest BCUT2D eigenvalue weighted by Crippen LogP contribution is -2.53. The largest absolute Gasteiger partial charge is 0.384 e. The van der Waals surface area contributed by atoms with E-state index in [1.807, 2.05) is 23.1 Å². The van der Waals surface area contributed by atoms with Gasteiger partial charge in [0.05, 0.1) is 6.04 Å². The lowest BCUT2D eigenvalue weighted by atomic mass is 10.0. The molecular weight excluding hydrogens is 348 g/mol. The summed E-state index contributed by atoms with van der Waals surface area (Å²) < 4.78 is 2.04. The quantitative estimate of drug-likeness (QED) is 0.718. The highest BCUT2D eigenvalue weighted by atomic mass is 16.2. The summed E-state index contributed by atoms with van der Waals surface area (Å²) in [5, 5.41) is 0. The molecule has 1 aliphatic heterocycles. The molecule has 2 N–H and O–H groups in total. The van der Waals surface area contributed by atoms with Crippen molar-refractivity contribution in [2.45, 2.75) is 13.0 Å². The van der Waals surface area contributed by atoms with Gasteiger partial charge in [0.1, 0.15) is 17.2 Å². The van der Waals surface area contributed by atoms with Crippen molar-refractivity contribution in [2.24, 2.45) is 14.1 Å². The van der Waals surface area contributed by atoms with Crippen LogP contribution in [0.1, 0.15) is 17.3 Å². The molecule has 0 radical (unpaired) electrons. The van der Waals surface area contributed by atoms with E-state index in [0.717, 1.165) is 28.0 Å². The molecular formula is C18H24N6O3. The van der Waals surface area contributed by atoms with E-state index in [9.17, 15) is 14.4 Å². The average molecular weight is 372 g/mol. The zero-order valence-corrected chi connectivity index (χ0v) is 15.8. The Hall–Kier alpha value is -2.94. The van der Waals surface area contributed by atoms with Crippen LogP contribution in [0.25, 0.3) is 0 Å². The number of piperazine rings is 1. The van der Waals surface area contributed by atoms with Crippen molar-refractivity contribution in [1.82, 2.24) is 19.0 Å². The van der Waals surface area contributed by atoms with Crippen molar-refractivity contribution in [2.75, 3.05) is 36.8 Å². The molecule has 3 heterocycles. The molecule has 144 valence electrons. The van der Waals surface area contributed by atoms with Crippen LogP contribution in [0, 0.1) is 0 Å². The third-order valence-electron chi connectivity index (χ3n) is 5.17. The number of hydrogen-bond donors (Lipinski definition) is 1. The number of pyridine rings is 1. The Labute approximate surface area is 156 Å². The predicted octanol–water partition coefficient (Wildman–Crippen LogP) is -0.545. The van der Waals surface area contributed by atoms with Crippen LogP contribution < -0.4 is 21.9 Å². The number of nitrogen functional groups attached to an aromatic ring is 1. The summed E-state index contributed by atoms with van der Waals surface area (Å²) in [4.78, 5) is 45.9. The van der Waals surface area contributed by atoms with Crippen molar-refractivity contribution in [1.29, 1.82) is 0 Å². The van der Waals surface area contributed by atoms with E-state index < -0.39 is 17.3 Å². The van der Waals surface area contributed by atoms with E-state index in [0.29, 0.717) is 13.1 Å². The van der Waals surface area contributed by atoms with Crippen molar-refractivity contribution >= 4 is 17.4 Å². The maximum atomic E-state index is 13.0. The topological polar surface area (TPSA) is 106 Å². The first-order valence-corrected chi connectivity index (χ1v) is 8.82. The van der Waals surface area contributed by atoms with Gasteiger partial charge < -0.3 is 10.6 Å². The second-order valence-corrected chi connectivity index (χ2v) is 6.72. The Morgan fingerprint density at radius 1 is 1.11 bits per heavy atom. The van der Waals surface area contributed by atoms with Crippen LogP contribution in [0.15, 0.2) is 34.0 Å². The van der Waals surface area contributed by atoms with Crippen molar-refractivity contribution < 1.29 is 4.79 Å². The van der Waals surface area contributed by atoms with E-state index >= 15 is 0 Å². The molecule has 0 aliphatic carbocycles. The summed E-state index contributed by atoms with van der Waals surface area (Å²) in [6, 6.07) is 5.26. The Morgan fingerprint density at radius 3 is 2.37 bits per heavy atom. The molecule has 0 bridgehead atoms. The molecule has 27 heavy (non-hydrogen) atoms. The van der Waals surface area contributed by atoms with Crippen molar-refractivity contribution in [3.8, 4) is 0 Å². The van der Waals surface area contributed by atoms with Crippen molar-refractivity contribution in [3.63, 3.8) is 0 Å². The van der Waals surface area contributed by atoms with Gasteiger partial charge in [-0.05, 0) is 19.1 Å². The number of hydrogen-bond acceptors (Lipinski definition) is 7. The Bertz CT molecular complexity index is 958. The van der Waals surface area contributed by atoms with Crippen LogP contribution in [0.3, 0.4) is 0 Å². The lowest BCUT2D eigenvalue weighted by Gasteiger charge is -2.38. The molecule has 1 atom stereocenters. The normalized spacial score (nSPS) is 16.3. The summed E-state index contributed by atoms with van der Waals surface area (Å²) >= 11 is 0. The number of nitrogens with two attached hydrogens (primary N) is 1. The highest BCUT2D eigenvalue weighted by molar-refractivity contribution is 6.03. The molecule has 0 amide bonds. The standard InChI is InChI=1S/C18H24N6O3/c1-12(15(25)14-16(19)21(2)18(27)22(3)17(14)26)23-8-10-24(11-9-23)13-6-4-5-7-20-13/h4-7,12H,8-11,19H2,1-3H3/t12-/m1/s1. The Kier molecular flexibility index (Phi) is 5.13. The number of nitrogens with zero attached hydrogens (tertiary/aromatic N) is 5. The monoisotopic (exact) mass is 372 g/mol. The van der Waals surface area contributed by atoms with Crippen LogP contribution in [0.5, 0.6) is 0 Å². The fraction of sp³-hybridized carbons (Fsp3) is 0.444. The van der Waals surface area contributed by atoms with E-state index in [-0.39, 0.29) is 17.2 Å². The summed E-state index contributed by atoms with van der Waals surface area (Å²) in [5.41, 5.74) is 4.58. The number of ketones is 1. The number of anilines is 2. The van der Waals surface area contributed by atoms with Gasteiger partial charge in [0, 0.05) is 46.5 Å². The second-order valence-electron chi connectivity index (χ2n) is 6.72.